The molecule has 0 aliphatic heterocycles. The number of hydrogen-bond acceptors (Lipinski definition) is 3. The van der Waals surface area contributed by atoms with Crippen molar-refractivity contribution in [2.75, 3.05) is 0 Å². The van der Waals surface area contributed by atoms with E-state index >= 15 is 0 Å². The Hall–Kier alpha value is -0.590. The lowest BCUT2D eigenvalue weighted by Gasteiger charge is -2.22. The van der Waals surface area contributed by atoms with E-state index in [9.17, 15) is 8.42 Å². The van der Waals surface area contributed by atoms with Crippen LogP contribution in [0.4, 0.5) is 0 Å². The molecule has 0 amide bonds. The summed E-state index contributed by atoms with van der Waals surface area (Å²) in [7, 11) is -1.92. The van der Waals surface area contributed by atoms with Gasteiger partial charge in [0.25, 0.3) is 10.0 Å². The normalized spacial score (nSPS) is 31.1. The van der Waals surface area contributed by atoms with Crippen molar-refractivity contribution in [1.29, 1.82) is 0 Å². The molecule has 7 heteroatoms. The first-order valence-corrected chi connectivity index (χ1v) is 8.02. The fourth-order valence-electron chi connectivity index (χ4n) is 3.22. The van der Waals surface area contributed by atoms with Gasteiger partial charge in [-0.05, 0) is 31.1 Å². The highest BCUT2D eigenvalue weighted by Crippen LogP contribution is 2.44. The molecular weight excluding hydrogens is 274 g/mol. The molecule has 100 valence electrons. The second-order valence-corrected chi connectivity index (χ2v) is 7.34. The predicted octanol–water partition coefficient (Wildman–Crippen LogP) is 1.54. The second kappa shape index (κ2) is 4.21. The minimum Gasteiger partial charge on any atom is -0.324 e. The van der Waals surface area contributed by atoms with Gasteiger partial charge in [0.2, 0.25) is 5.03 Å². The van der Waals surface area contributed by atoms with Crippen LogP contribution in [-0.2, 0) is 17.1 Å². The molecule has 2 bridgehead atoms. The van der Waals surface area contributed by atoms with E-state index in [0.29, 0.717) is 11.8 Å². The van der Waals surface area contributed by atoms with Gasteiger partial charge in [0, 0.05) is 13.1 Å². The van der Waals surface area contributed by atoms with Crippen molar-refractivity contribution in [2.45, 2.75) is 36.8 Å². The zero-order valence-corrected chi connectivity index (χ0v) is 11.7. The molecule has 5 nitrogen and oxygen atoms in total. The van der Waals surface area contributed by atoms with Crippen molar-refractivity contribution in [3.05, 3.63) is 11.5 Å². The molecule has 2 saturated carbocycles. The number of hydrogen-bond donors (Lipinski definition) is 1. The molecule has 2 aliphatic carbocycles. The lowest BCUT2D eigenvalue weighted by atomic mass is 9.96. The number of sulfonamides is 1. The Bertz CT molecular complexity index is 569. The number of imidazole rings is 1. The van der Waals surface area contributed by atoms with Crippen LogP contribution in [0.25, 0.3) is 0 Å². The fourth-order valence-corrected chi connectivity index (χ4v) is 4.97. The van der Waals surface area contributed by atoms with Gasteiger partial charge in [0.1, 0.15) is 5.15 Å². The summed E-state index contributed by atoms with van der Waals surface area (Å²) < 4.78 is 28.7. The summed E-state index contributed by atoms with van der Waals surface area (Å²) >= 11 is 5.94. The van der Waals surface area contributed by atoms with Crippen LogP contribution < -0.4 is 4.72 Å². The van der Waals surface area contributed by atoms with E-state index in [2.05, 4.69) is 9.71 Å². The van der Waals surface area contributed by atoms with E-state index < -0.39 is 10.0 Å². The van der Waals surface area contributed by atoms with E-state index in [1.54, 1.807) is 7.05 Å². The number of fused-ring (bicyclic) bond motifs is 2. The highest BCUT2D eigenvalue weighted by Gasteiger charge is 2.41. The van der Waals surface area contributed by atoms with Crippen LogP contribution in [0, 0.1) is 11.8 Å². The number of aryl methyl sites for hydroxylation is 1. The topological polar surface area (TPSA) is 64.0 Å². The molecule has 0 aromatic carbocycles. The van der Waals surface area contributed by atoms with Crippen LogP contribution in [0.5, 0.6) is 0 Å². The first-order chi connectivity index (χ1) is 8.47. The second-order valence-electron chi connectivity index (χ2n) is 5.35. The van der Waals surface area contributed by atoms with Crippen LogP contribution in [0.15, 0.2) is 11.4 Å². The molecule has 0 radical (unpaired) electrons. The molecule has 1 N–H and O–H groups in total. The van der Waals surface area contributed by atoms with Gasteiger partial charge in [-0.2, -0.15) is 0 Å². The molecule has 1 aromatic rings. The molecule has 2 aliphatic rings. The van der Waals surface area contributed by atoms with E-state index in [1.807, 2.05) is 0 Å². The molecule has 3 atom stereocenters. The first kappa shape index (κ1) is 12.4. The van der Waals surface area contributed by atoms with Gasteiger partial charge in [-0.1, -0.05) is 18.0 Å². The maximum Gasteiger partial charge on any atom is 0.261 e. The molecule has 18 heavy (non-hydrogen) atoms. The monoisotopic (exact) mass is 289 g/mol. The van der Waals surface area contributed by atoms with Crippen LogP contribution in [-0.4, -0.2) is 24.0 Å². The summed E-state index contributed by atoms with van der Waals surface area (Å²) in [6.07, 6.45) is 5.90. The predicted molar refractivity (Wildman–Crippen MR) is 67.8 cm³/mol. The van der Waals surface area contributed by atoms with Gasteiger partial charge in [0.05, 0.1) is 6.33 Å². The third kappa shape index (κ3) is 1.96. The Kier molecular flexibility index (Phi) is 2.91. The Morgan fingerprint density at radius 3 is 2.72 bits per heavy atom. The minimum atomic E-state index is -3.59. The Morgan fingerprint density at radius 1 is 1.44 bits per heavy atom. The van der Waals surface area contributed by atoms with E-state index in [4.69, 9.17) is 11.6 Å². The third-order valence-corrected chi connectivity index (χ3v) is 6.11. The summed E-state index contributed by atoms with van der Waals surface area (Å²) in [5.41, 5.74) is 0. The van der Waals surface area contributed by atoms with E-state index in [0.717, 1.165) is 19.3 Å². The zero-order chi connectivity index (χ0) is 12.9. The smallest absolute Gasteiger partial charge is 0.261 e. The van der Waals surface area contributed by atoms with E-state index in [-0.39, 0.29) is 16.2 Å². The molecule has 3 rings (SSSR count). The molecule has 2 fully saturated rings. The number of aromatic nitrogens is 2. The molecule has 1 aromatic heterocycles. The van der Waals surface area contributed by atoms with Gasteiger partial charge in [-0.15, -0.1) is 0 Å². The van der Waals surface area contributed by atoms with Crippen LogP contribution in [0.2, 0.25) is 5.15 Å². The maximum atomic E-state index is 12.2. The Morgan fingerprint density at radius 2 is 2.22 bits per heavy atom. The lowest BCUT2D eigenvalue weighted by molar-refractivity contribution is 0.390. The number of nitrogens with one attached hydrogen (secondary N) is 1. The SMILES string of the molecule is Cn1cnc(S(=O)(=O)NC2CC3CCC2C3)c1Cl. The Labute approximate surface area is 112 Å². The molecule has 0 saturated heterocycles. The van der Waals surface area contributed by atoms with Gasteiger partial charge < -0.3 is 4.57 Å². The van der Waals surface area contributed by atoms with Gasteiger partial charge in [0.15, 0.2) is 0 Å². The van der Waals surface area contributed by atoms with Crippen LogP contribution in [0.1, 0.15) is 25.7 Å². The third-order valence-electron chi connectivity index (χ3n) is 4.13. The number of rotatable bonds is 3. The number of halogens is 1. The molecule has 3 unspecified atom stereocenters. The van der Waals surface area contributed by atoms with Crippen molar-refractivity contribution in [3.8, 4) is 0 Å². The summed E-state index contributed by atoms with van der Waals surface area (Å²) in [5.74, 6) is 1.19. The standard InChI is InChI=1S/C11H16ClN3O2S/c1-15-6-13-11(10(15)12)18(16,17)14-9-5-7-2-3-8(9)4-7/h6-9,14H,2-5H2,1H3. The summed E-state index contributed by atoms with van der Waals surface area (Å²) in [6.45, 7) is 0. The van der Waals surface area contributed by atoms with Crippen LogP contribution in [0.3, 0.4) is 0 Å². The highest BCUT2D eigenvalue weighted by atomic mass is 35.5. The quantitative estimate of drug-likeness (QED) is 0.918. The fraction of sp³-hybridized carbons (Fsp3) is 0.727. The summed E-state index contributed by atoms with van der Waals surface area (Å²) in [6, 6.07) is 0.0619. The minimum absolute atomic E-state index is 0.0607. The maximum absolute atomic E-state index is 12.2. The number of nitrogens with zero attached hydrogens (tertiary/aromatic N) is 2. The van der Waals surface area contributed by atoms with Gasteiger partial charge in [-0.25, -0.2) is 18.1 Å². The summed E-state index contributed by atoms with van der Waals surface area (Å²) in [5, 5.41) is 0.0973. The van der Waals surface area contributed by atoms with Crippen molar-refractivity contribution in [1.82, 2.24) is 14.3 Å². The molecule has 1 heterocycles. The molecule has 0 spiro atoms. The van der Waals surface area contributed by atoms with Crippen molar-refractivity contribution < 1.29 is 8.42 Å². The first-order valence-electron chi connectivity index (χ1n) is 6.16. The largest absolute Gasteiger partial charge is 0.324 e. The van der Waals surface area contributed by atoms with Crippen LogP contribution >= 0.6 is 11.6 Å². The summed E-state index contributed by atoms with van der Waals surface area (Å²) in [4.78, 5) is 3.87. The van der Waals surface area contributed by atoms with Crippen molar-refractivity contribution in [3.63, 3.8) is 0 Å². The highest BCUT2D eigenvalue weighted by molar-refractivity contribution is 7.89. The van der Waals surface area contributed by atoms with Crippen molar-refractivity contribution in [2.24, 2.45) is 18.9 Å². The average molecular weight is 290 g/mol. The lowest BCUT2D eigenvalue weighted by Crippen LogP contribution is -2.38. The van der Waals surface area contributed by atoms with E-state index in [1.165, 1.54) is 17.3 Å². The average Bonchev–Trinajstić information content (AvgIpc) is 2.96. The van der Waals surface area contributed by atoms with Crippen molar-refractivity contribution >= 4 is 21.6 Å². The Balaban J connectivity index is 1.81. The molecular formula is C11H16ClN3O2S. The van der Waals surface area contributed by atoms with Gasteiger partial charge >= 0.3 is 0 Å². The van der Waals surface area contributed by atoms with Gasteiger partial charge in [-0.3, -0.25) is 0 Å². The zero-order valence-electron chi connectivity index (χ0n) is 10.1.